The van der Waals surface area contributed by atoms with Crippen molar-refractivity contribution in [2.75, 3.05) is 9.44 Å². The lowest BCUT2D eigenvalue weighted by atomic mass is 10.3. The van der Waals surface area contributed by atoms with E-state index in [1.807, 2.05) is 0 Å². The van der Waals surface area contributed by atoms with Crippen LogP contribution in [-0.2, 0) is 20.0 Å². The van der Waals surface area contributed by atoms with Gasteiger partial charge in [0.05, 0.1) is 20.8 Å². The summed E-state index contributed by atoms with van der Waals surface area (Å²) in [6, 6.07) is 10.3. The van der Waals surface area contributed by atoms with E-state index in [2.05, 4.69) is 29.4 Å². The molecule has 12 nitrogen and oxygen atoms in total. The second kappa shape index (κ2) is 7.90. The molecule has 2 heterocycles. The molecular formula is C18H14N6O6S2. The zero-order chi connectivity index (χ0) is 22.9. The molecule has 4 N–H and O–H groups in total. The summed E-state index contributed by atoms with van der Waals surface area (Å²) in [5.74, 6) is -0.104. The second-order valence-electron chi connectivity index (χ2n) is 6.42. The summed E-state index contributed by atoms with van der Waals surface area (Å²) in [6.07, 6.45) is 2.76. The number of hydrogen-bond acceptors (Lipinski definition) is 8. The summed E-state index contributed by atoms with van der Waals surface area (Å²) in [7, 11) is -8.05. The van der Waals surface area contributed by atoms with Crippen molar-refractivity contribution in [2.24, 2.45) is 0 Å². The number of anilines is 2. The van der Waals surface area contributed by atoms with Gasteiger partial charge in [0.15, 0.2) is 0 Å². The van der Waals surface area contributed by atoms with Crippen molar-refractivity contribution in [3.63, 3.8) is 0 Å². The van der Waals surface area contributed by atoms with E-state index in [0.717, 1.165) is 0 Å². The number of aromatic nitrogens is 4. The Labute approximate surface area is 180 Å². The lowest BCUT2D eigenvalue weighted by Gasteiger charge is -2.10. The average molecular weight is 474 g/mol. The number of hydrogen-bond donors (Lipinski definition) is 4. The Bertz CT molecular complexity index is 1630. The number of benzene rings is 2. The fraction of sp³-hybridized carbons (Fsp3) is 0. The maximum absolute atomic E-state index is 12.7. The van der Waals surface area contributed by atoms with Crippen LogP contribution in [0.4, 0.5) is 11.6 Å². The molecule has 0 unspecified atom stereocenters. The van der Waals surface area contributed by atoms with Crippen molar-refractivity contribution in [3.05, 3.63) is 81.6 Å². The van der Waals surface area contributed by atoms with Gasteiger partial charge in [-0.05, 0) is 48.5 Å². The van der Waals surface area contributed by atoms with Gasteiger partial charge in [0, 0.05) is 18.1 Å². The van der Waals surface area contributed by atoms with Gasteiger partial charge in [-0.1, -0.05) is 0 Å². The number of sulfonamides is 2. The molecule has 4 rings (SSSR count). The Morgan fingerprint density at radius 2 is 1.25 bits per heavy atom. The van der Waals surface area contributed by atoms with Crippen molar-refractivity contribution in [3.8, 4) is 0 Å². The summed E-state index contributed by atoms with van der Waals surface area (Å²) >= 11 is 0. The molecule has 164 valence electrons. The van der Waals surface area contributed by atoms with Crippen molar-refractivity contribution in [1.82, 2.24) is 19.9 Å². The molecule has 2 aromatic heterocycles. The predicted molar refractivity (Wildman–Crippen MR) is 115 cm³/mol. The van der Waals surface area contributed by atoms with Crippen LogP contribution in [0, 0.1) is 0 Å². The van der Waals surface area contributed by atoms with Gasteiger partial charge >= 0.3 is 11.1 Å². The molecule has 4 aromatic rings. The highest BCUT2D eigenvalue weighted by atomic mass is 32.2. The lowest BCUT2D eigenvalue weighted by molar-refractivity contribution is 0.600. The van der Waals surface area contributed by atoms with Crippen molar-refractivity contribution < 1.29 is 16.8 Å². The Morgan fingerprint density at radius 3 is 1.91 bits per heavy atom. The fourth-order valence-electron chi connectivity index (χ4n) is 2.71. The van der Waals surface area contributed by atoms with Crippen molar-refractivity contribution in [1.29, 1.82) is 0 Å². The van der Waals surface area contributed by atoms with Crippen LogP contribution in [0.3, 0.4) is 0 Å². The number of nitrogens with one attached hydrogen (secondary N) is 4. The Balaban J connectivity index is 1.57. The van der Waals surface area contributed by atoms with Gasteiger partial charge in [0.1, 0.15) is 0 Å². The number of nitrogens with zero attached hydrogens (tertiary/aromatic N) is 2. The van der Waals surface area contributed by atoms with Crippen molar-refractivity contribution >= 4 is 42.7 Å². The van der Waals surface area contributed by atoms with E-state index in [1.54, 1.807) is 0 Å². The van der Waals surface area contributed by atoms with Gasteiger partial charge < -0.3 is 9.97 Å². The maximum atomic E-state index is 12.7. The standard InChI is InChI=1S/C18H14N6O6S2/c25-16-17(26)22-15-10-13(6-7-14(15)21-16)32(29,30)23-11-2-4-12(5-3-11)31(27,28)24-18-19-8-1-9-20-18/h1-10,23H,(H,21,25)(H,22,26)(H,19,20,24). The SMILES string of the molecule is O=c1[nH]c2ccc(S(=O)(=O)Nc3ccc(S(=O)(=O)Nc4ncccn4)cc3)cc2[nH]c1=O. The molecule has 0 saturated heterocycles. The molecule has 0 saturated carbocycles. The first-order chi connectivity index (χ1) is 15.1. The third-order valence-corrected chi connectivity index (χ3v) is 6.94. The average Bonchev–Trinajstić information content (AvgIpc) is 2.75. The first-order valence-electron chi connectivity index (χ1n) is 8.83. The van der Waals surface area contributed by atoms with Crippen LogP contribution in [0.2, 0.25) is 0 Å². The van der Waals surface area contributed by atoms with E-state index in [9.17, 15) is 26.4 Å². The third kappa shape index (κ3) is 4.35. The zero-order valence-corrected chi connectivity index (χ0v) is 17.6. The smallest absolute Gasteiger partial charge is 0.314 e. The maximum Gasteiger partial charge on any atom is 0.314 e. The Morgan fingerprint density at radius 1 is 0.688 bits per heavy atom. The summed E-state index contributed by atoms with van der Waals surface area (Å²) < 4.78 is 54.8. The molecule has 32 heavy (non-hydrogen) atoms. The number of aromatic amines is 2. The fourth-order valence-corrected chi connectivity index (χ4v) is 4.75. The number of fused-ring (bicyclic) bond motifs is 1. The Kier molecular flexibility index (Phi) is 5.23. The minimum absolute atomic E-state index is 0.104. The highest BCUT2D eigenvalue weighted by Crippen LogP contribution is 2.21. The van der Waals surface area contributed by atoms with Gasteiger partial charge in [0.25, 0.3) is 20.0 Å². The summed E-state index contributed by atoms with van der Waals surface area (Å²) in [5.41, 5.74) is -1.26. The molecule has 0 spiro atoms. The van der Waals surface area contributed by atoms with Crippen LogP contribution in [0.1, 0.15) is 0 Å². The van der Waals surface area contributed by atoms with E-state index in [4.69, 9.17) is 0 Å². The second-order valence-corrected chi connectivity index (χ2v) is 9.79. The van der Waals surface area contributed by atoms with Crippen LogP contribution in [0.25, 0.3) is 11.0 Å². The van der Waals surface area contributed by atoms with Gasteiger partial charge in [-0.3, -0.25) is 14.3 Å². The van der Waals surface area contributed by atoms with Gasteiger partial charge in [-0.25, -0.2) is 31.5 Å². The molecule has 0 atom stereocenters. The molecule has 2 aromatic carbocycles. The molecule has 0 radical (unpaired) electrons. The first kappa shape index (κ1) is 21.2. The van der Waals surface area contributed by atoms with E-state index >= 15 is 0 Å². The van der Waals surface area contributed by atoms with Crippen LogP contribution >= 0.6 is 0 Å². The minimum Gasteiger partial charge on any atom is -0.316 e. The normalized spacial score (nSPS) is 11.9. The number of H-pyrrole nitrogens is 2. The van der Waals surface area contributed by atoms with E-state index < -0.39 is 31.2 Å². The molecule has 0 amide bonds. The lowest BCUT2D eigenvalue weighted by Crippen LogP contribution is -2.29. The molecule has 0 aliphatic carbocycles. The molecule has 0 bridgehead atoms. The monoisotopic (exact) mass is 474 g/mol. The molecule has 0 fully saturated rings. The zero-order valence-electron chi connectivity index (χ0n) is 15.9. The van der Waals surface area contributed by atoms with Crippen LogP contribution in [0.15, 0.2) is 80.3 Å². The summed E-state index contributed by atoms with van der Waals surface area (Å²) in [4.78, 5) is 34.8. The van der Waals surface area contributed by atoms with E-state index in [0.29, 0.717) is 0 Å². The van der Waals surface area contributed by atoms with E-state index in [1.165, 1.54) is 60.9 Å². The first-order valence-corrected chi connectivity index (χ1v) is 11.8. The van der Waals surface area contributed by atoms with Crippen molar-refractivity contribution in [2.45, 2.75) is 9.79 Å². The largest absolute Gasteiger partial charge is 0.316 e. The molecule has 0 aliphatic heterocycles. The topological polar surface area (TPSA) is 184 Å². The third-order valence-electron chi connectivity index (χ3n) is 4.21. The molecular weight excluding hydrogens is 460 g/mol. The highest BCUT2D eigenvalue weighted by molar-refractivity contribution is 7.93. The van der Waals surface area contributed by atoms with E-state index in [-0.39, 0.29) is 32.5 Å². The quantitative estimate of drug-likeness (QED) is 0.293. The van der Waals surface area contributed by atoms with Crippen LogP contribution < -0.4 is 20.6 Å². The number of rotatable bonds is 6. The van der Waals surface area contributed by atoms with Gasteiger partial charge in [-0.15, -0.1) is 0 Å². The van der Waals surface area contributed by atoms with Crippen LogP contribution in [0.5, 0.6) is 0 Å². The minimum atomic E-state index is -4.07. The van der Waals surface area contributed by atoms with Gasteiger partial charge in [-0.2, -0.15) is 0 Å². The molecule has 0 aliphatic rings. The highest BCUT2D eigenvalue weighted by Gasteiger charge is 2.18. The Hall–Kier alpha value is -4.04. The van der Waals surface area contributed by atoms with Gasteiger partial charge in [0.2, 0.25) is 5.95 Å². The van der Waals surface area contributed by atoms with Crippen LogP contribution in [-0.4, -0.2) is 36.8 Å². The molecule has 14 heteroatoms. The summed E-state index contributed by atoms with van der Waals surface area (Å²) in [5, 5.41) is 0. The predicted octanol–water partition coefficient (Wildman–Crippen LogP) is 0.608. The summed E-state index contributed by atoms with van der Waals surface area (Å²) in [6.45, 7) is 0.